The van der Waals surface area contributed by atoms with Crippen LogP contribution in [0.1, 0.15) is 10.4 Å². The number of ether oxygens (including phenoxy) is 2. The van der Waals surface area contributed by atoms with Gasteiger partial charge in [-0.2, -0.15) is 0 Å². The van der Waals surface area contributed by atoms with Crippen LogP contribution in [0.2, 0.25) is 0 Å². The number of non-ortho nitro benzene ring substituents is 1. The molecule has 0 N–H and O–H groups in total. The van der Waals surface area contributed by atoms with Gasteiger partial charge in [-0.3, -0.25) is 10.1 Å². The Kier molecular flexibility index (Phi) is 3.68. The molecule has 2 aromatic carbocycles. The van der Waals surface area contributed by atoms with E-state index in [1.165, 1.54) is 37.6 Å². The first-order valence-electron chi connectivity index (χ1n) is 6.61. The Morgan fingerprint density at radius 2 is 1.87 bits per heavy atom. The molecule has 0 spiro atoms. The predicted octanol–water partition coefficient (Wildman–Crippen LogP) is 3.57. The Hall–Kier alpha value is -3.35. The van der Waals surface area contributed by atoms with E-state index in [1.807, 2.05) is 0 Å². The number of nitro benzene ring substituents is 1. The number of carbonyl (C=O) groups is 1. The van der Waals surface area contributed by atoms with Crippen LogP contribution in [0.3, 0.4) is 0 Å². The summed E-state index contributed by atoms with van der Waals surface area (Å²) in [6, 6.07) is 10.1. The van der Waals surface area contributed by atoms with Crippen molar-refractivity contribution >= 4 is 22.6 Å². The number of hydrogen-bond donors (Lipinski definition) is 0. The highest BCUT2D eigenvalue weighted by molar-refractivity contribution is 6.05. The summed E-state index contributed by atoms with van der Waals surface area (Å²) in [5, 5.41) is 11.2. The summed E-state index contributed by atoms with van der Waals surface area (Å²) in [7, 11) is 1.51. The van der Waals surface area contributed by atoms with Gasteiger partial charge < -0.3 is 13.9 Å². The monoisotopic (exact) mass is 313 g/mol. The SMILES string of the molecule is COc1ccc(C(=O)Oc2ccc([N+](=O)[O-])cc2)c2ccoc12. The quantitative estimate of drug-likeness (QED) is 0.316. The van der Waals surface area contributed by atoms with Crippen molar-refractivity contribution in [2.45, 2.75) is 0 Å². The van der Waals surface area contributed by atoms with Crippen molar-refractivity contribution in [3.05, 3.63) is 64.4 Å². The molecule has 0 amide bonds. The normalized spacial score (nSPS) is 10.5. The van der Waals surface area contributed by atoms with Gasteiger partial charge in [-0.15, -0.1) is 0 Å². The highest BCUT2D eigenvalue weighted by Gasteiger charge is 2.17. The number of esters is 1. The maximum Gasteiger partial charge on any atom is 0.344 e. The van der Waals surface area contributed by atoms with E-state index in [2.05, 4.69) is 0 Å². The fourth-order valence-electron chi connectivity index (χ4n) is 2.17. The molecule has 0 saturated carbocycles. The van der Waals surface area contributed by atoms with Crippen LogP contribution >= 0.6 is 0 Å². The van der Waals surface area contributed by atoms with Crippen molar-refractivity contribution in [1.29, 1.82) is 0 Å². The summed E-state index contributed by atoms with van der Waals surface area (Å²) < 4.78 is 15.7. The average molecular weight is 313 g/mol. The number of methoxy groups -OCH3 is 1. The van der Waals surface area contributed by atoms with Crippen molar-refractivity contribution in [3.8, 4) is 11.5 Å². The smallest absolute Gasteiger partial charge is 0.344 e. The van der Waals surface area contributed by atoms with E-state index in [0.717, 1.165) is 0 Å². The molecule has 0 unspecified atom stereocenters. The summed E-state index contributed by atoms with van der Waals surface area (Å²) >= 11 is 0. The first-order chi connectivity index (χ1) is 11.1. The molecule has 0 aliphatic carbocycles. The van der Waals surface area contributed by atoms with Crippen LogP contribution in [0.25, 0.3) is 11.0 Å². The lowest BCUT2D eigenvalue weighted by atomic mass is 10.1. The number of nitrogens with zero attached hydrogens (tertiary/aromatic N) is 1. The molecule has 116 valence electrons. The third kappa shape index (κ3) is 2.71. The Labute approximate surface area is 130 Å². The molecule has 0 aliphatic rings. The summed E-state index contributed by atoms with van der Waals surface area (Å²) in [6.07, 6.45) is 1.45. The number of carbonyl (C=O) groups excluding carboxylic acids is 1. The zero-order chi connectivity index (χ0) is 16.4. The van der Waals surface area contributed by atoms with Gasteiger partial charge in [0.25, 0.3) is 5.69 Å². The molecular formula is C16H11NO6. The molecule has 0 atom stereocenters. The first-order valence-corrected chi connectivity index (χ1v) is 6.61. The van der Waals surface area contributed by atoms with E-state index < -0.39 is 10.9 Å². The molecule has 23 heavy (non-hydrogen) atoms. The number of rotatable bonds is 4. The van der Waals surface area contributed by atoms with E-state index in [4.69, 9.17) is 13.9 Å². The van der Waals surface area contributed by atoms with Crippen LogP contribution in [-0.2, 0) is 0 Å². The third-order valence-corrected chi connectivity index (χ3v) is 3.28. The number of fused-ring (bicyclic) bond motifs is 1. The maximum atomic E-state index is 12.3. The topological polar surface area (TPSA) is 91.8 Å². The van der Waals surface area contributed by atoms with Gasteiger partial charge in [0.15, 0.2) is 11.3 Å². The lowest BCUT2D eigenvalue weighted by molar-refractivity contribution is -0.384. The second kappa shape index (κ2) is 5.80. The molecule has 7 nitrogen and oxygen atoms in total. The van der Waals surface area contributed by atoms with E-state index in [-0.39, 0.29) is 11.4 Å². The van der Waals surface area contributed by atoms with Crippen molar-refractivity contribution in [2.75, 3.05) is 7.11 Å². The number of benzene rings is 2. The van der Waals surface area contributed by atoms with Crippen LogP contribution in [0.4, 0.5) is 5.69 Å². The van der Waals surface area contributed by atoms with Gasteiger partial charge in [0.1, 0.15) is 5.75 Å². The minimum Gasteiger partial charge on any atom is -0.493 e. The molecule has 0 aliphatic heterocycles. The highest BCUT2D eigenvalue weighted by Crippen LogP contribution is 2.30. The van der Waals surface area contributed by atoms with Gasteiger partial charge in [0.2, 0.25) is 0 Å². The van der Waals surface area contributed by atoms with Crippen molar-refractivity contribution in [3.63, 3.8) is 0 Å². The minimum absolute atomic E-state index is 0.0773. The second-order valence-electron chi connectivity index (χ2n) is 4.62. The largest absolute Gasteiger partial charge is 0.493 e. The van der Waals surface area contributed by atoms with E-state index >= 15 is 0 Å². The zero-order valence-electron chi connectivity index (χ0n) is 12.0. The lowest BCUT2D eigenvalue weighted by Gasteiger charge is -2.07. The maximum absolute atomic E-state index is 12.3. The summed E-state index contributed by atoms with van der Waals surface area (Å²) in [5.41, 5.74) is 0.685. The number of hydrogen-bond acceptors (Lipinski definition) is 6. The Balaban J connectivity index is 1.89. The fourth-order valence-corrected chi connectivity index (χ4v) is 2.17. The molecule has 0 fully saturated rings. The lowest BCUT2D eigenvalue weighted by Crippen LogP contribution is -2.09. The van der Waals surface area contributed by atoms with E-state index in [0.29, 0.717) is 22.3 Å². The standard InChI is InChI=1S/C16H11NO6/c1-21-14-7-6-13(12-8-9-22-15(12)14)16(18)23-11-4-2-10(3-5-11)17(19)20/h2-9H,1H3. The first kappa shape index (κ1) is 14.6. The minimum atomic E-state index is -0.590. The Bertz CT molecular complexity index is 881. The van der Waals surface area contributed by atoms with Crippen LogP contribution in [0, 0.1) is 10.1 Å². The van der Waals surface area contributed by atoms with Crippen LogP contribution in [-0.4, -0.2) is 18.0 Å². The molecule has 1 heterocycles. The van der Waals surface area contributed by atoms with Gasteiger partial charge >= 0.3 is 5.97 Å². The van der Waals surface area contributed by atoms with Gasteiger partial charge in [-0.05, 0) is 30.3 Å². The summed E-state index contributed by atoms with van der Waals surface area (Å²) in [4.78, 5) is 22.4. The van der Waals surface area contributed by atoms with Crippen molar-refractivity contribution < 1.29 is 23.6 Å². The molecule has 0 radical (unpaired) electrons. The molecule has 1 aromatic heterocycles. The van der Waals surface area contributed by atoms with Gasteiger partial charge in [0, 0.05) is 17.5 Å². The molecule has 3 rings (SSSR count). The van der Waals surface area contributed by atoms with Gasteiger partial charge in [-0.1, -0.05) is 0 Å². The van der Waals surface area contributed by atoms with Crippen LogP contribution < -0.4 is 9.47 Å². The molecular weight excluding hydrogens is 302 g/mol. The zero-order valence-corrected chi connectivity index (χ0v) is 12.0. The van der Waals surface area contributed by atoms with Crippen LogP contribution in [0.5, 0.6) is 11.5 Å². The number of nitro groups is 1. The fraction of sp³-hybridized carbons (Fsp3) is 0.0625. The second-order valence-corrected chi connectivity index (χ2v) is 4.62. The predicted molar refractivity (Wildman–Crippen MR) is 80.8 cm³/mol. The average Bonchev–Trinajstić information content (AvgIpc) is 3.04. The molecule has 3 aromatic rings. The van der Waals surface area contributed by atoms with Crippen molar-refractivity contribution in [2.24, 2.45) is 0 Å². The molecule has 0 bridgehead atoms. The molecule has 7 heteroatoms. The third-order valence-electron chi connectivity index (χ3n) is 3.28. The van der Waals surface area contributed by atoms with Crippen molar-refractivity contribution in [1.82, 2.24) is 0 Å². The summed E-state index contributed by atoms with van der Waals surface area (Å²) in [6.45, 7) is 0. The van der Waals surface area contributed by atoms with E-state index in [1.54, 1.807) is 18.2 Å². The molecule has 0 saturated heterocycles. The highest BCUT2D eigenvalue weighted by atomic mass is 16.6. The van der Waals surface area contributed by atoms with Gasteiger partial charge in [-0.25, -0.2) is 4.79 Å². The van der Waals surface area contributed by atoms with Gasteiger partial charge in [0.05, 0.1) is 23.9 Å². The Morgan fingerprint density at radius 1 is 1.13 bits per heavy atom. The Morgan fingerprint density at radius 3 is 2.52 bits per heavy atom. The van der Waals surface area contributed by atoms with Crippen LogP contribution in [0.15, 0.2) is 53.1 Å². The number of furan rings is 1. The van der Waals surface area contributed by atoms with E-state index in [9.17, 15) is 14.9 Å². The summed E-state index contributed by atoms with van der Waals surface area (Å²) in [5.74, 6) is 0.137.